The van der Waals surface area contributed by atoms with Gasteiger partial charge in [0, 0.05) is 13.0 Å². The predicted molar refractivity (Wildman–Crippen MR) is 117 cm³/mol. The molecule has 0 heterocycles. The number of hydrogen-bond donors (Lipinski definition) is 3. The monoisotopic (exact) mass is 412 g/mol. The number of unbranched alkanes of at least 4 members (excludes halogenated alkanes) is 3. The van der Waals surface area contributed by atoms with Crippen molar-refractivity contribution >= 4 is 5.97 Å². The van der Waals surface area contributed by atoms with E-state index in [0.717, 1.165) is 38.5 Å². The molecule has 5 heteroatoms. The molecule has 29 heavy (non-hydrogen) atoms. The lowest BCUT2D eigenvalue weighted by Gasteiger charge is -2.24. The summed E-state index contributed by atoms with van der Waals surface area (Å²) in [6.45, 7) is 8.73. The zero-order valence-corrected chi connectivity index (χ0v) is 19.0. The van der Waals surface area contributed by atoms with Crippen LogP contribution in [0.15, 0.2) is 12.2 Å². The third kappa shape index (κ3) is 9.18. The van der Waals surface area contributed by atoms with Gasteiger partial charge in [-0.15, -0.1) is 0 Å². The Labute approximate surface area is 177 Å². The van der Waals surface area contributed by atoms with Crippen molar-refractivity contribution in [1.82, 2.24) is 0 Å². The molecule has 0 spiro atoms. The van der Waals surface area contributed by atoms with Crippen LogP contribution in [0.5, 0.6) is 0 Å². The minimum atomic E-state index is -2.07. The second-order valence-corrected chi connectivity index (χ2v) is 9.49. The van der Waals surface area contributed by atoms with Crippen LogP contribution in [0, 0.1) is 17.3 Å². The quantitative estimate of drug-likeness (QED) is 0.193. The Kier molecular flexibility index (Phi) is 11.4. The lowest BCUT2D eigenvalue weighted by molar-refractivity contribution is -0.224. The SMILES string of the molecule is CCCCC(C)(C)CC=C[C@H]1CC[C@H](O)[C@@H]1CCCCCC(O)(OCC)C(=O)O. The zero-order valence-electron chi connectivity index (χ0n) is 19.0. The predicted octanol–water partition coefficient (Wildman–Crippen LogP) is 5.30. The van der Waals surface area contributed by atoms with Crippen molar-refractivity contribution in [2.75, 3.05) is 6.61 Å². The number of ether oxygens (including phenoxy) is 1. The summed E-state index contributed by atoms with van der Waals surface area (Å²) in [5, 5.41) is 29.6. The number of carboxylic acids is 1. The number of aliphatic hydroxyl groups is 2. The summed E-state index contributed by atoms with van der Waals surface area (Å²) in [5.41, 5.74) is 0.334. The van der Waals surface area contributed by atoms with Gasteiger partial charge in [0.1, 0.15) is 0 Å². The number of aliphatic carboxylic acids is 1. The molecule has 170 valence electrons. The molecule has 0 amide bonds. The van der Waals surface area contributed by atoms with Gasteiger partial charge in [-0.2, -0.15) is 0 Å². The molecule has 5 nitrogen and oxygen atoms in total. The van der Waals surface area contributed by atoms with Crippen LogP contribution < -0.4 is 0 Å². The number of aliphatic hydroxyl groups excluding tert-OH is 1. The van der Waals surface area contributed by atoms with Crippen molar-refractivity contribution in [1.29, 1.82) is 0 Å². The smallest absolute Gasteiger partial charge is 0.364 e. The number of carboxylic acid groups (broad SMARTS) is 1. The summed E-state index contributed by atoms with van der Waals surface area (Å²) in [7, 11) is 0. The molecule has 0 aromatic carbocycles. The summed E-state index contributed by atoms with van der Waals surface area (Å²) in [6.07, 6.45) is 14.5. The molecule has 1 aliphatic rings. The fraction of sp³-hybridized carbons (Fsp3) is 0.875. The van der Waals surface area contributed by atoms with E-state index in [9.17, 15) is 15.0 Å². The van der Waals surface area contributed by atoms with E-state index < -0.39 is 11.8 Å². The second kappa shape index (κ2) is 12.7. The Morgan fingerprint density at radius 1 is 1.10 bits per heavy atom. The van der Waals surface area contributed by atoms with Crippen LogP contribution in [0.1, 0.15) is 98.3 Å². The Hall–Kier alpha value is -0.910. The van der Waals surface area contributed by atoms with Crippen molar-refractivity contribution < 1.29 is 24.9 Å². The minimum Gasteiger partial charge on any atom is -0.477 e. The average molecular weight is 413 g/mol. The first kappa shape index (κ1) is 26.1. The molecular formula is C24H44O5. The Morgan fingerprint density at radius 3 is 2.45 bits per heavy atom. The van der Waals surface area contributed by atoms with Crippen LogP contribution in [0.4, 0.5) is 0 Å². The third-order valence-electron chi connectivity index (χ3n) is 6.37. The highest BCUT2D eigenvalue weighted by atomic mass is 16.6. The normalized spacial score (nSPS) is 24.8. The number of rotatable bonds is 15. The Morgan fingerprint density at radius 2 is 1.83 bits per heavy atom. The summed E-state index contributed by atoms with van der Waals surface area (Å²) in [4.78, 5) is 11.2. The topological polar surface area (TPSA) is 87.0 Å². The van der Waals surface area contributed by atoms with Crippen molar-refractivity contribution in [3.05, 3.63) is 12.2 Å². The standard InChI is InChI=1S/C24H44O5/c1-5-7-16-23(3,4)17-11-12-19-14-15-21(25)20(19)13-9-8-10-18-24(28,22(26)27)29-6-2/h11-12,19-21,25,28H,5-10,13-18H2,1-4H3,(H,26,27)/t19-,20+,21-,24?/m0/s1. The maximum atomic E-state index is 11.2. The van der Waals surface area contributed by atoms with Crippen molar-refractivity contribution in [3.63, 3.8) is 0 Å². The lowest BCUT2D eigenvalue weighted by Crippen LogP contribution is -2.41. The van der Waals surface area contributed by atoms with Gasteiger partial charge in [-0.3, -0.25) is 0 Å². The van der Waals surface area contributed by atoms with Crippen LogP contribution >= 0.6 is 0 Å². The van der Waals surface area contributed by atoms with E-state index in [1.54, 1.807) is 6.92 Å². The van der Waals surface area contributed by atoms with Crippen molar-refractivity contribution in [2.24, 2.45) is 17.3 Å². The molecule has 0 aliphatic heterocycles. The van der Waals surface area contributed by atoms with E-state index in [2.05, 4.69) is 32.9 Å². The van der Waals surface area contributed by atoms with Gasteiger partial charge in [-0.1, -0.05) is 58.6 Å². The minimum absolute atomic E-state index is 0.0968. The third-order valence-corrected chi connectivity index (χ3v) is 6.37. The van der Waals surface area contributed by atoms with Gasteiger partial charge in [-0.05, 0) is 62.7 Å². The lowest BCUT2D eigenvalue weighted by atomic mass is 9.82. The molecule has 0 saturated heterocycles. The number of hydrogen-bond acceptors (Lipinski definition) is 4. The number of carbonyl (C=O) groups is 1. The van der Waals surface area contributed by atoms with Crippen LogP contribution in [0.2, 0.25) is 0 Å². The fourth-order valence-electron chi connectivity index (χ4n) is 4.44. The molecule has 1 aliphatic carbocycles. The van der Waals surface area contributed by atoms with E-state index >= 15 is 0 Å². The molecule has 0 aromatic rings. The molecule has 1 rings (SSSR count). The molecule has 0 aromatic heterocycles. The average Bonchev–Trinajstić information content (AvgIpc) is 2.99. The first-order valence-corrected chi connectivity index (χ1v) is 11.6. The van der Waals surface area contributed by atoms with Crippen molar-refractivity contribution in [3.8, 4) is 0 Å². The highest BCUT2D eigenvalue weighted by Gasteiger charge is 2.36. The van der Waals surface area contributed by atoms with Crippen LogP contribution in [-0.4, -0.2) is 39.8 Å². The molecular weight excluding hydrogens is 368 g/mol. The largest absolute Gasteiger partial charge is 0.477 e. The maximum absolute atomic E-state index is 11.2. The number of allylic oxidation sites excluding steroid dienone is 2. The molecule has 3 N–H and O–H groups in total. The van der Waals surface area contributed by atoms with E-state index in [4.69, 9.17) is 9.84 Å². The molecule has 1 unspecified atom stereocenters. The second-order valence-electron chi connectivity index (χ2n) is 9.49. The van der Waals surface area contributed by atoms with Gasteiger partial charge in [-0.25, -0.2) is 4.79 Å². The highest BCUT2D eigenvalue weighted by molar-refractivity contribution is 5.75. The van der Waals surface area contributed by atoms with Crippen LogP contribution in [0.25, 0.3) is 0 Å². The first-order valence-electron chi connectivity index (χ1n) is 11.6. The van der Waals surface area contributed by atoms with E-state index in [1.165, 1.54) is 19.3 Å². The van der Waals surface area contributed by atoms with Gasteiger partial charge < -0.3 is 20.1 Å². The van der Waals surface area contributed by atoms with Gasteiger partial charge in [0.25, 0.3) is 5.79 Å². The van der Waals surface area contributed by atoms with Gasteiger partial charge in [0.15, 0.2) is 0 Å². The Bertz CT molecular complexity index is 501. The molecule has 1 saturated carbocycles. The molecule has 4 atom stereocenters. The van der Waals surface area contributed by atoms with Gasteiger partial charge in [0.2, 0.25) is 0 Å². The first-order chi connectivity index (χ1) is 13.6. The van der Waals surface area contributed by atoms with Crippen molar-refractivity contribution in [2.45, 2.75) is 110 Å². The zero-order chi connectivity index (χ0) is 21.9. The molecule has 0 bridgehead atoms. The molecule has 0 radical (unpaired) electrons. The summed E-state index contributed by atoms with van der Waals surface area (Å²) < 4.78 is 5.01. The van der Waals surface area contributed by atoms with Crippen LogP contribution in [-0.2, 0) is 9.53 Å². The van der Waals surface area contributed by atoms with Gasteiger partial charge >= 0.3 is 5.97 Å². The maximum Gasteiger partial charge on any atom is 0.364 e. The summed E-state index contributed by atoms with van der Waals surface area (Å²) >= 11 is 0. The fourth-order valence-corrected chi connectivity index (χ4v) is 4.44. The molecule has 1 fully saturated rings. The highest BCUT2D eigenvalue weighted by Crippen LogP contribution is 2.37. The van der Waals surface area contributed by atoms with Gasteiger partial charge in [0.05, 0.1) is 6.10 Å². The van der Waals surface area contributed by atoms with E-state index in [0.29, 0.717) is 17.8 Å². The summed E-state index contributed by atoms with van der Waals surface area (Å²) in [5.74, 6) is -2.67. The van der Waals surface area contributed by atoms with Crippen LogP contribution in [0.3, 0.4) is 0 Å². The summed E-state index contributed by atoms with van der Waals surface area (Å²) in [6, 6.07) is 0. The van der Waals surface area contributed by atoms with E-state index in [-0.39, 0.29) is 25.0 Å². The van der Waals surface area contributed by atoms with E-state index in [1.807, 2.05) is 0 Å². The Balaban J connectivity index is 2.41.